The Morgan fingerprint density at radius 1 is 1.32 bits per heavy atom. The van der Waals surface area contributed by atoms with Gasteiger partial charge in [-0.2, -0.15) is 10.2 Å². The zero-order valence-corrected chi connectivity index (χ0v) is 13.4. The van der Waals surface area contributed by atoms with Gasteiger partial charge in [0.05, 0.1) is 23.8 Å². The molecular weight excluding hydrogens is 328 g/mol. The molecule has 2 heterocycles. The normalized spacial score (nSPS) is 15.7. The summed E-state index contributed by atoms with van der Waals surface area (Å²) in [6.07, 6.45) is 0. The fourth-order valence-electron chi connectivity index (χ4n) is 2.52. The molecule has 0 atom stereocenters. The molecule has 0 aliphatic carbocycles. The number of anilines is 2. The molecule has 2 aromatic rings. The Bertz CT molecular complexity index is 778. The smallest absolute Gasteiger partial charge is 0.274 e. The minimum Gasteiger partial charge on any atom is -0.382 e. The van der Waals surface area contributed by atoms with Gasteiger partial charge in [0, 0.05) is 31.3 Å². The highest BCUT2D eigenvalue weighted by atomic mass is 16.6. The second kappa shape index (κ2) is 7.23. The van der Waals surface area contributed by atoms with Crippen LogP contribution in [0.5, 0.6) is 0 Å². The topological polar surface area (TPSA) is 161 Å². The zero-order valence-electron chi connectivity index (χ0n) is 13.4. The molecule has 0 bridgehead atoms. The summed E-state index contributed by atoms with van der Waals surface area (Å²) in [4.78, 5) is 13.0. The summed E-state index contributed by atoms with van der Waals surface area (Å²) in [5, 5.41) is 25.5. The molecule has 0 unspecified atom stereocenters. The Kier molecular flexibility index (Phi) is 4.86. The molecule has 11 nitrogen and oxygen atoms in total. The van der Waals surface area contributed by atoms with E-state index < -0.39 is 4.92 Å². The van der Waals surface area contributed by atoms with E-state index >= 15 is 0 Å². The molecule has 1 fully saturated rings. The van der Waals surface area contributed by atoms with Gasteiger partial charge in [0.15, 0.2) is 11.5 Å². The number of hydrogen-bond acceptors (Lipinski definition) is 9. The number of azo groups is 1. The first-order valence-electron chi connectivity index (χ1n) is 7.63. The van der Waals surface area contributed by atoms with Gasteiger partial charge < -0.3 is 16.2 Å². The van der Waals surface area contributed by atoms with Crippen molar-refractivity contribution in [3.8, 4) is 0 Å². The largest absolute Gasteiger partial charge is 0.382 e. The van der Waals surface area contributed by atoms with Crippen molar-refractivity contribution in [3.63, 3.8) is 0 Å². The van der Waals surface area contributed by atoms with Crippen LogP contribution in [-0.2, 0) is 11.3 Å². The average Bonchev–Trinajstić information content (AvgIpc) is 2.92. The maximum atomic E-state index is 11.3. The van der Waals surface area contributed by atoms with Crippen LogP contribution in [0.4, 0.5) is 28.7 Å². The van der Waals surface area contributed by atoms with E-state index in [4.69, 9.17) is 16.2 Å². The number of rotatable bonds is 5. The minimum atomic E-state index is -0.400. The van der Waals surface area contributed by atoms with Crippen molar-refractivity contribution in [2.75, 3.05) is 37.8 Å². The second-order valence-electron chi connectivity index (χ2n) is 5.53. The highest BCUT2D eigenvalue weighted by molar-refractivity contribution is 5.70. The quantitative estimate of drug-likeness (QED) is 0.422. The molecule has 25 heavy (non-hydrogen) atoms. The number of aromatic nitrogens is 2. The minimum absolute atomic E-state index is 0.0489. The fraction of sp³-hybridized carbons (Fsp3) is 0.357. The molecule has 11 heteroatoms. The number of hydrogen-bond donors (Lipinski definition) is 3. The van der Waals surface area contributed by atoms with Crippen LogP contribution in [0.1, 0.15) is 5.56 Å². The van der Waals surface area contributed by atoms with Crippen molar-refractivity contribution in [3.05, 3.63) is 33.9 Å². The van der Waals surface area contributed by atoms with E-state index in [1.165, 1.54) is 12.1 Å². The molecular formula is C14H18N8O3. The summed E-state index contributed by atoms with van der Waals surface area (Å²) < 4.78 is 5.30. The highest BCUT2D eigenvalue weighted by Gasteiger charge is 2.19. The van der Waals surface area contributed by atoms with Crippen LogP contribution in [-0.4, -0.2) is 46.3 Å². The SMILES string of the molecule is Nc1n[nH]c(N)c1N=Nc1ccc([N+](=O)[O-])c(CN2CCOCC2)c1. The van der Waals surface area contributed by atoms with Crippen molar-refractivity contribution in [1.29, 1.82) is 0 Å². The molecule has 0 saturated carbocycles. The molecule has 132 valence electrons. The van der Waals surface area contributed by atoms with Gasteiger partial charge in [-0.25, -0.2) is 0 Å². The third-order valence-electron chi connectivity index (χ3n) is 3.82. The van der Waals surface area contributed by atoms with Gasteiger partial charge >= 0.3 is 0 Å². The lowest BCUT2D eigenvalue weighted by Gasteiger charge is -2.26. The van der Waals surface area contributed by atoms with Crippen molar-refractivity contribution in [1.82, 2.24) is 15.1 Å². The first-order valence-corrected chi connectivity index (χ1v) is 7.63. The number of nitro benzene ring substituents is 1. The second-order valence-corrected chi connectivity index (χ2v) is 5.53. The molecule has 0 amide bonds. The lowest BCUT2D eigenvalue weighted by molar-refractivity contribution is -0.385. The lowest BCUT2D eigenvalue weighted by Crippen LogP contribution is -2.35. The number of nitrogens with one attached hydrogen (secondary N) is 1. The van der Waals surface area contributed by atoms with Gasteiger partial charge in [-0.15, -0.1) is 5.11 Å². The van der Waals surface area contributed by atoms with Crippen molar-refractivity contribution >= 4 is 28.7 Å². The van der Waals surface area contributed by atoms with E-state index in [0.29, 0.717) is 31.0 Å². The molecule has 3 rings (SSSR count). The standard InChI is InChI=1S/C14H18N8O3/c15-13-12(14(16)20-19-13)18-17-10-1-2-11(22(23)24)9(7-10)8-21-3-5-25-6-4-21/h1-2,7H,3-6,8H2,(H5,15,16,19,20). The lowest BCUT2D eigenvalue weighted by atomic mass is 10.1. The Morgan fingerprint density at radius 2 is 2.08 bits per heavy atom. The van der Waals surface area contributed by atoms with Gasteiger partial charge in [-0.1, -0.05) is 0 Å². The van der Waals surface area contributed by atoms with Crippen LogP contribution in [0.15, 0.2) is 28.4 Å². The van der Waals surface area contributed by atoms with Crippen molar-refractivity contribution < 1.29 is 9.66 Å². The summed E-state index contributed by atoms with van der Waals surface area (Å²) in [5.41, 5.74) is 12.6. The van der Waals surface area contributed by atoms with Gasteiger partial charge in [0.1, 0.15) is 5.82 Å². The van der Waals surface area contributed by atoms with Crippen LogP contribution in [0, 0.1) is 10.1 Å². The number of ether oxygens (including phenoxy) is 1. The zero-order chi connectivity index (χ0) is 17.8. The monoisotopic (exact) mass is 346 g/mol. The summed E-state index contributed by atoms with van der Waals surface area (Å²) in [6.45, 7) is 3.13. The molecule has 1 saturated heterocycles. The fourth-order valence-corrected chi connectivity index (χ4v) is 2.52. The summed E-state index contributed by atoms with van der Waals surface area (Å²) in [7, 11) is 0. The van der Waals surface area contributed by atoms with Crippen LogP contribution >= 0.6 is 0 Å². The number of morpholine rings is 1. The maximum Gasteiger partial charge on any atom is 0.274 e. The average molecular weight is 346 g/mol. The van der Waals surface area contributed by atoms with E-state index in [9.17, 15) is 10.1 Å². The molecule has 1 aromatic heterocycles. The van der Waals surface area contributed by atoms with E-state index in [-0.39, 0.29) is 23.0 Å². The molecule has 0 radical (unpaired) electrons. The van der Waals surface area contributed by atoms with E-state index in [0.717, 1.165) is 13.1 Å². The number of H-pyrrole nitrogens is 1. The first-order chi connectivity index (χ1) is 12.0. The van der Waals surface area contributed by atoms with Gasteiger partial charge in [0.25, 0.3) is 5.69 Å². The van der Waals surface area contributed by atoms with E-state index in [1.54, 1.807) is 6.07 Å². The number of benzene rings is 1. The van der Waals surface area contributed by atoms with Crippen LogP contribution in [0.3, 0.4) is 0 Å². The molecule has 1 aromatic carbocycles. The first kappa shape index (κ1) is 16.8. The number of nitro groups is 1. The molecule has 0 spiro atoms. The van der Waals surface area contributed by atoms with Crippen molar-refractivity contribution in [2.45, 2.75) is 6.54 Å². The third-order valence-corrected chi connectivity index (χ3v) is 3.82. The molecule has 1 aliphatic heterocycles. The van der Waals surface area contributed by atoms with E-state index in [2.05, 4.69) is 25.3 Å². The predicted octanol–water partition coefficient (Wildman–Crippen LogP) is 1.73. The van der Waals surface area contributed by atoms with Gasteiger partial charge in [-0.3, -0.25) is 20.1 Å². The number of aromatic amines is 1. The van der Waals surface area contributed by atoms with Crippen LogP contribution in [0.2, 0.25) is 0 Å². The Labute approximate surface area is 142 Å². The van der Waals surface area contributed by atoms with Gasteiger partial charge in [-0.05, 0) is 12.1 Å². The molecule has 5 N–H and O–H groups in total. The van der Waals surface area contributed by atoms with Crippen LogP contribution in [0.25, 0.3) is 0 Å². The predicted molar refractivity (Wildman–Crippen MR) is 90.8 cm³/mol. The highest BCUT2D eigenvalue weighted by Crippen LogP contribution is 2.30. The van der Waals surface area contributed by atoms with Crippen LogP contribution < -0.4 is 11.5 Å². The maximum absolute atomic E-state index is 11.3. The Hall–Kier alpha value is -3.05. The Morgan fingerprint density at radius 3 is 2.72 bits per heavy atom. The van der Waals surface area contributed by atoms with Crippen molar-refractivity contribution in [2.24, 2.45) is 10.2 Å². The summed E-state index contributed by atoms with van der Waals surface area (Å²) >= 11 is 0. The number of nitrogens with two attached hydrogens (primary N) is 2. The summed E-state index contributed by atoms with van der Waals surface area (Å²) in [5.74, 6) is 0.341. The van der Waals surface area contributed by atoms with E-state index in [1.807, 2.05) is 0 Å². The molecule has 1 aliphatic rings. The Balaban J connectivity index is 1.85. The summed E-state index contributed by atoms with van der Waals surface area (Å²) in [6, 6.07) is 4.59. The number of nitrogen functional groups attached to an aromatic ring is 2. The number of nitrogens with zero attached hydrogens (tertiary/aromatic N) is 5. The third kappa shape index (κ3) is 3.89. The van der Waals surface area contributed by atoms with Gasteiger partial charge in [0.2, 0.25) is 0 Å².